The standard InChI is InChI=1S/C15H27N3O/c1-11(2)9-18(13-6-7-13)14-17-12(10-19-14)8-16-15(3,4)5/h10-11,13,16H,6-9H2,1-5H3. The van der Waals surface area contributed by atoms with E-state index in [1.165, 1.54) is 12.8 Å². The maximum absolute atomic E-state index is 5.67. The Hall–Kier alpha value is -1.03. The first-order valence-electron chi connectivity index (χ1n) is 7.31. The molecule has 1 N–H and O–H groups in total. The van der Waals surface area contributed by atoms with Gasteiger partial charge in [0.2, 0.25) is 0 Å². The van der Waals surface area contributed by atoms with Crippen molar-refractivity contribution in [3.8, 4) is 0 Å². The van der Waals surface area contributed by atoms with Crippen LogP contribution in [0.5, 0.6) is 0 Å². The molecule has 4 heteroatoms. The summed E-state index contributed by atoms with van der Waals surface area (Å²) in [6.45, 7) is 12.7. The highest BCUT2D eigenvalue weighted by Gasteiger charge is 2.32. The van der Waals surface area contributed by atoms with Crippen LogP contribution in [0.15, 0.2) is 10.7 Å². The molecule has 108 valence electrons. The van der Waals surface area contributed by atoms with Gasteiger partial charge < -0.3 is 14.6 Å². The molecule has 19 heavy (non-hydrogen) atoms. The number of nitrogens with one attached hydrogen (secondary N) is 1. The summed E-state index contributed by atoms with van der Waals surface area (Å²) in [6, 6.07) is 1.44. The van der Waals surface area contributed by atoms with Crippen molar-refractivity contribution in [3.05, 3.63) is 12.0 Å². The van der Waals surface area contributed by atoms with Crippen molar-refractivity contribution in [2.24, 2.45) is 5.92 Å². The quantitative estimate of drug-likeness (QED) is 0.857. The predicted octanol–water partition coefficient (Wildman–Crippen LogP) is 3.19. The Morgan fingerprint density at radius 1 is 1.42 bits per heavy atom. The number of anilines is 1. The normalized spacial score (nSPS) is 16.1. The SMILES string of the molecule is CC(C)CN(c1nc(CNC(C)(C)C)co1)C1CC1. The number of nitrogens with zero attached hydrogens (tertiary/aromatic N) is 2. The highest BCUT2D eigenvalue weighted by Crippen LogP contribution is 2.31. The maximum Gasteiger partial charge on any atom is 0.297 e. The number of hydrogen-bond donors (Lipinski definition) is 1. The van der Waals surface area contributed by atoms with Crippen molar-refractivity contribution in [1.82, 2.24) is 10.3 Å². The highest BCUT2D eigenvalue weighted by molar-refractivity contribution is 5.31. The van der Waals surface area contributed by atoms with E-state index >= 15 is 0 Å². The third-order valence-electron chi connectivity index (χ3n) is 3.13. The summed E-state index contributed by atoms with van der Waals surface area (Å²) in [5.41, 5.74) is 1.09. The number of hydrogen-bond acceptors (Lipinski definition) is 4. The van der Waals surface area contributed by atoms with Crippen molar-refractivity contribution in [1.29, 1.82) is 0 Å². The van der Waals surface area contributed by atoms with Crippen molar-refractivity contribution in [2.75, 3.05) is 11.4 Å². The van der Waals surface area contributed by atoms with Crippen molar-refractivity contribution >= 4 is 6.01 Å². The van der Waals surface area contributed by atoms with Gasteiger partial charge in [0, 0.05) is 24.7 Å². The topological polar surface area (TPSA) is 41.3 Å². The molecule has 0 aromatic carbocycles. The predicted molar refractivity (Wildman–Crippen MR) is 78.3 cm³/mol. The van der Waals surface area contributed by atoms with Crippen LogP contribution < -0.4 is 10.2 Å². The van der Waals surface area contributed by atoms with Crippen LogP contribution in [0, 0.1) is 5.92 Å². The van der Waals surface area contributed by atoms with Crippen LogP contribution in [0.4, 0.5) is 6.01 Å². The molecule has 0 aliphatic heterocycles. The molecule has 1 saturated carbocycles. The third kappa shape index (κ3) is 4.53. The van der Waals surface area contributed by atoms with E-state index in [2.05, 4.69) is 49.8 Å². The van der Waals surface area contributed by atoms with E-state index < -0.39 is 0 Å². The van der Waals surface area contributed by atoms with Crippen molar-refractivity contribution < 1.29 is 4.42 Å². The van der Waals surface area contributed by atoms with Gasteiger partial charge in [-0.3, -0.25) is 0 Å². The molecule has 1 heterocycles. The largest absolute Gasteiger partial charge is 0.432 e. The van der Waals surface area contributed by atoms with E-state index in [-0.39, 0.29) is 5.54 Å². The third-order valence-corrected chi connectivity index (χ3v) is 3.13. The summed E-state index contributed by atoms with van der Waals surface area (Å²) in [7, 11) is 0. The Morgan fingerprint density at radius 3 is 2.63 bits per heavy atom. The van der Waals surface area contributed by atoms with E-state index in [1.54, 1.807) is 6.26 Å². The second-order valence-electron chi connectivity index (χ2n) is 7.00. The van der Waals surface area contributed by atoms with Crippen LogP contribution in [0.2, 0.25) is 0 Å². The minimum Gasteiger partial charge on any atom is -0.432 e. The molecule has 0 saturated heterocycles. The Morgan fingerprint density at radius 2 is 2.11 bits per heavy atom. The molecule has 0 unspecified atom stereocenters. The van der Waals surface area contributed by atoms with Crippen molar-refractivity contribution in [2.45, 2.75) is 65.6 Å². The smallest absolute Gasteiger partial charge is 0.297 e. The molecular formula is C15H27N3O. The van der Waals surface area contributed by atoms with Gasteiger partial charge in [0.15, 0.2) is 0 Å². The minimum absolute atomic E-state index is 0.104. The van der Waals surface area contributed by atoms with Gasteiger partial charge in [0.1, 0.15) is 6.26 Å². The summed E-state index contributed by atoms with van der Waals surface area (Å²) in [6.07, 6.45) is 4.32. The molecule has 1 aliphatic carbocycles. The van der Waals surface area contributed by atoms with Crippen LogP contribution in [0.3, 0.4) is 0 Å². The van der Waals surface area contributed by atoms with Crippen LogP contribution in [0.1, 0.15) is 53.2 Å². The second-order valence-corrected chi connectivity index (χ2v) is 7.00. The maximum atomic E-state index is 5.67. The number of rotatable bonds is 6. The highest BCUT2D eigenvalue weighted by atomic mass is 16.4. The summed E-state index contributed by atoms with van der Waals surface area (Å²) in [5.74, 6) is 0.628. The summed E-state index contributed by atoms with van der Waals surface area (Å²) >= 11 is 0. The molecule has 1 fully saturated rings. The van der Waals surface area contributed by atoms with Gasteiger partial charge in [-0.1, -0.05) is 13.8 Å². The van der Waals surface area contributed by atoms with E-state index in [1.807, 2.05) is 0 Å². The fraction of sp³-hybridized carbons (Fsp3) is 0.800. The van der Waals surface area contributed by atoms with E-state index in [0.717, 1.165) is 24.8 Å². The fourth-order valence-electron chi connectivity index (χ4n) is 2.03. The Kier molecular flexibility index (Phi) is 4.19. The Balaban J connectivity index is 1.98. The van der Waals surface area contributed by atoms with E-state index in [4.69, 9.17) is 4.42 Å². The van der Waals surface area contributed by atoms with Crippen LogP contribution in [-0.4, -0.2) is 23.1 Å². The second kappa shape index (κ2) is 5.53. The lowest BCUT2D eigenvalue weighted by Crippen LogP contribution is -2.35. The van der Waals surface area contributed by atoms with Crippen molar-refractivity contribution in [3.63, 3.8) is 0 Å². The van der Waals surface area contributed by atoms with Gasteiger partial charge in [-0.25, -0.2) is 0 Å². The Labute approximate surface area is 116 Å². The molecule has 0 atom stereocenters. The number of oxazole rings is 1. The number of aromatic nitrogens is 1. The monoisotopic (exact) mass is 265 g/mol. The summed E-state index contributed by atoms with van der Waals surface area (Å²) in [4.78, 5) is 6.95. The van der Waals surface area contributed by atoms with Crippen LogP contribution >= 0.6 is 0 Å². The summed E-state index contributed by atoms with van der Waals surface area (Å²) < 4.78 is 5.67. The average molecular weight is 265 g/mol. The van der Waals surface area contributed by atoms with Gasteiger partial charge in [-0.2, -0.15) is 4.98 Å². The zero-order valence-electron chi connectivity index (χ0n) is 12.9. The molecule has 0 radical (unpaired) electrons. The van der Waals surface area contributed by atoms with Gasteiger partial charge >= 0.3 is 0 Å². The molecule has 0 bridgehead atoms. The van der Waals surface area contributed by atoms with E-state index in [0.29, 0.717) is 12.0 Å². The molecule has 1 aromatic rings. The molecule has 0 amide bonds. The first kappa shape index (κ1) is 14.4. The van der Waals surface area contributed by atoms with E-state index in [9.17, 15) is 0 Å². The lowest BCUT2D eigenvalue weighted by atomic mass is 10.1. The van der Waals surface area contributed by atoms with Gasteiger partial charge in [-0.05, 0) is 39.5 Å². The first-order chi connectivity index (χ1) is 8.85. The van der Waals surface area contributed by atoms with Gasteiger partial charge in [0.25, 0.3) is 6.01 Å². The zero-order chi connectivity index (χ0) is 14.0. The lowest BCUT2D eigenvalue weighted by Gasteiger charge is -2.22. The lowest BCUT2D eigenvalue weighted by molar-refractivity contribution is 0.421. The zero-order valence-corrected chi connectivity index (χ0v) is 12.9. The molecular weight excluding hydrogens is 238 g/mol. The van der Waals surface area contributed by atoms with Crippen LogP contribution in [0.25, 0.3) is 0 Å². The molecule has 1 aromatic heterocycles. The first-order valence-corrected chi connectivity index (χ1v) is 7.31. The summed E-state index contributed by atoms with van der Waals surface area (Å²) in [5, 5.41) is 3.44. The molecule has 0 spiro atoms. The minimum atomic E-state index is 0.104. The fourth-order valence-corrected chi connectivity index (χ4v) is 2.03. The van der Waals surface area contributed by atoms with Gasteiger partial charge in [0.05, 0.1) is 5.69 Å². The molecule has 2 rings (SSSR count). The Bertz CT molecular complexity index is 402. The van der Waals surface area contributed by atoms with Crippen LogP contribution in [-0.2, 0) is 6.54 Å². The molecule has 1 aliphatic rings. The molecule has 4 nitrogen and oxygen atoms in total. The van der Waals surface area contributed by atoms with Gasteiger partial charge in [-0.15, -0.1) is 0 Å². The average Bonchev–Trinajstić information content (AvgIpc) is 3.01.